The number of benzene rings is 1. The maximum atomic E-state index is 13.0. The molecule has 3 nitrogen and oxygen atoms in total. The largest absolute Gasteiger partial charge is 0.386 e. The highest BCUT2D eigenvalue weighted by atomic mass is 35.5. The first kappa shape index (κ1) is 13.1. The molecule has 0 aliphatic carbocycles. The molecule has 0 amide bonds. The molecule has 0 aliphatic heterocycles. The van der Waals surface area contributed by atoms with E-state index in [1.807, 2.05) is 13.0 Å². The van der Waals surface area contributed by atoms with Crippen LogP contribution in [0.3, 0.4) is 0 Å². The summed E-state index contributed by atoms with van der Waals surface area (Å²) in [5.41, 5.74) is 2.37. The molecular weight excluding hydrogens is 255 g/mol. The van der Waals surface area contributed by atoms with E-state index in [-0.39, 0.29) is 5.02 Å². The van der Waals surface area contributed by atoms with E-state index in [2.05, 4.69) is 5.10 Å². The Morgan fingerprint density at radius 3 is 2.72 bits per heavy atom. The molecule has 1 aromatic carbocycles. The zero-order valence-electron chi connectivity index (χ0n) is 10.2. The summed E-state index contributed by atoms with van der Waals surface area (Å²) in [5, 5.41) is 14.4. The molecule has 0 saturated heterocycles. The molecule has 18 heavy (non-hydrogen) atoms. The Bertz CT molecular complexity index is 568. The highest BCUT2D eigenvalue weighted by Gasteiger charge is 2.14. The fourth-order valence-corrected chi connectivity index (χ4v) is 2.14. The van der Waals surface area contributed by atoms with Gasteiger partial charge < -0.3 is 5.11 Å². The van der Waals surface area contributed by atoms with Crippen molar-refractivity contribution in [3.8, 4) is 0 Å². The van der Waals surface area contributed by atoms with Crippen LogP contribution < -0.4 is 0 Å². The van der Waals surface area contributed by atoms with Crippen molar-refractivity contribution < 1.29 is 9.50 Å². The maximum Gasteiger partial charge on any atom is 0.141 e. The first-order chi connectivity index (χ1) is 8.47. The Morgan fingerprint density at radius 2 is 2.17 bits per heavy atom. The molecule has 1 heterocycles. The van der Waals surface area contributed by atoms with E-state index in [1.54, 1.807) is 17.8 Å². The van der Waals surface area contributed by atoms with Gasteiger partial charge >= 0.3 is 0 Å². The molecule has 0 aliphatic rings. The second kappa shape index (κ2) is 5.08. The number of halogens is 2. The van der Waals surface area contributed by atoms with Crippen LogP contribution in [-0.2, 0) is 13.5 Å². The van der Waals surface area contributed by atoms with E-state index < -0.39 is 11.9 Å². The topological polar surface area (TPSA) is 38.0 Å². The van der Waals surface area contributed by atoms with Crippen LogP contribution >= 0.6 is 11.6 Å². The molecular formula is C13H14ClFN2O. The van der Waals surface area contributed by atoms with E-state index in [0.717, 1.165) is 17.0 Å². The summed E-state index contributed by atoms with van der Waals surface area (Å²) >= 11 is 5.70. The van der Waals surface area contributed by atoms with Crippen LogP contribution in [0.1, 0.15) is 23.1 Å². The molecule has 2 rings (SSSR count). The van der Waals surface area contributed by atoms with E-state index in [1.165, 1.54) is 12.1 Å². The van der Waals surface area contributed by atoms with Gasteiger partial charge in [-0.2, -0.15) is 5.10 Å². The summed E-state index contributed by atoms with van der Waals surface area (Å²) in [6.45, 7) is 1.87. The number of aryl methyl sites for hydroxylation is 2. The van der Waals surface area contributed by atoms with E-state index in [0.29, 0.717) is 6.42 Å². The lowest BCUT2D eigenvalue weighted by molar-refractivity contribution is 0.168. The number of nitrogens with zero attached hydrogens (tertiary/aromatic N) is 2. The van der Waals surface area contributed by atoms with Crippen molar-refractivity contribution in [1.29, 1.82) is 0 Å². The summed E-state index contributed by atoms with van der Waals surface area (Å²) in [5.74, 6) is -0.453. The van der Waals surface area contributed by atoms with Gasteiger partial charge in [-0.15, -0.1) is 0 Å². The van der Waals surface area contributed by atoms with Gasteiger partial charge in [0.1, 0.15) is 5.82 Å². The molecule has 1 unspecified atom stereocenters. The molecule has 96 valence electrons. The number of hydrogen-bond acceptors (Lipinski definition) is 2. The van der Waals surface area contributed by atoms with Crippen LogP contribution in [0.2, 0.25) is 5.02 Å². The Balaban J connectivity index is 2.18. The summed E-state index contributed by atoms with van der Waals surface area (Å²) in [7, 11) is 1.78. The zero-order chi connectivity index (χ0) is 13.3. The van der Waals surface area contributed by atoms with Gasteiger partial charge in [0.15, 0.2) is 0 Å². The first-order valence-corrected chi connectivity index (χ1v) is 5.97. The van der Waals surface area contributed by atoms with Crippen molar-refractivity contribution in [1.82, 2.24) is 9.78 Å². The third-order valence-electron chi connectivity index (χ3n) is 2.79. The number of hydrogen-bond donors (Lipinski definition) is 1. The number of aliphatic hydroxyl groups is 1. The molecule has 1 atom stereocenters. The minimum Gasteiger partial charge on any atom is -0.386 e. The van der Waals surface area contributed by atoms with Gasteiger partial charge in [0.25, 0.3) is 0 Å². The molecule has 0 saturated carbocycles. The predicted octanol–water partition coefficient (Wildman–Crippen LogP) is 2.80. The second-order valence-electron chi connectivity index (χ2n) is 4.30. The fourth-order valence-electron chi connectivity index (χ4n) is 1.94. The summed E-state index contributed by atoms with van der Waals surface area (Å²) in [4.78, 5) is 0. The Kier molecular flexibility index (Phi) is 3.68. The van der Waals surface area contributed by atoms with Crippen LogP contribution in [0.15, 0.2) is 24.3 Å². The molecule has 1 aromatic heterocycles. The summed E-state index contributed by atoms with van der Waals surface area (Å²) in [6.07, 6.45) is -0.309. The van der Waals surface area contributed by atoms with Crippen LogP contribution in [0.25, 0.3) is 0 Å². The monoisotopic (exact) mass is 268 g/mol. The molecule has 0 bridgehead atoms. The van der Waals surface area contributed by atoms with E-state index in [4.69, 9.17) is 11.6 Å². The average molecular weight is 269 g/mol. The molecule has 0 spiro atoms. The average Bonchev–Trinajstić information content (AvgIpc) is 2.63. The van der Waals surface area contributed by atoms with Gasteiger partial charge in [0.2, 0.25) is 0 Å². The van der Waals surface area contributed by atoms with Crippen molar-refractivity contribution in [3.05, 3.63) is 52.1 Å². The zero-order valence-corrected chi connectivity index (χ0v) is 10.9. The lowest BCUT2D eigenvalue weighted by atomic mass is 10.1. The molecule has 0 radical (unpaired) electrons. The van der Waals surface area contributed by atoms with Gasteiger partial charge in [-0.25, -0.2) is 4.39 Å². The normalized spacial score (nSPS) is 12.7. The lowest BCUT2D eigenvalue weighted by Gasteiger charge is -2.11. The molecule has 1 N–H and O–H groups in total. The van der Waals surface area contributed by atoms with Crippen molar-refractivity contribution in [2.24, 2.45) is 7.05 Å². The van der Waals surface area contributed by atoms with Crippen LogP contribution in [-0.4, -0.2) is 14.9 Å². The summed E-state index contributed by atoms with van der Waals surface area (Å²) in [6, 6.07) is 6.28. The van der Waals surface area contributed by atoms with Crippen molar-refractivity contribution in [3.63, 3.8) is 0 Å². The Hall–Kier alpha value is -1.39. The van der Waals surface area contributed by atoms with Gasteiger partial charge in [0, 0.05) is 13.5 Å². The third kappa shape index (κ3) is 2.71. The minimum absolute atomic E-state index is 0.0703. The summed E-state index contributed by atoms with van der Waals surface area (Å²) < 4.78 is 14.7. The SMILES string of the molecule is Cc1cc(C(O)Cc2ccc(F)c(Cl)c2)n(C)n1. The van der Waals surface area contributed by atoms with Crippen LogP contribution in [0, 0.1) is 12.7 Å². The van der Waals surface area contributed by atoms with Crippen LogP contribution in [0.4, 0.5) is 4.39 Å². The Morgan fingerprint density at radius 1 is 1.44 bits per heavy atom. The standard InChI is InChI=1S/C13H14ClFN2O/c1-8-5-12(17(2)16-8)13(18)7-9-3-4-11(15)10(14)6-9/h3-6,13,18H,7H2,1-2H3. The van der Waals surface area contributed by atoms with E-state index >= 15 is 0 Å². The highest BCUT2D eigenvalue weighted by Crippen LogP contribution is 2.22. The predicted molar refractivity (Wildman–Crippen MR) is 68.0 cm³/mol. The number of aromatic nitrogens is 2. The van der Waals surface area contributed by atoms with E-state index in [9.17, 15) is 9.50 Å². The maximum absolute atomic E-state index is 13.0. The quantitative estimate of drug-likeness (QED) is 0.930. The molecule has 5 heteroatoms. The molecule has 0 fully saturated rings. The third-order valence-corrected chi connectivity index (χ3v) is 3.08. The van der Waals surface area contributed by atoms with Crippen molar-refractivity contribution in [2.45, 2.75) is 19.4 Å². The number of rotatable bonds is 3. The van der Waals surface area contributed by atoms with Crippen molar-refractivity contribution in [2.75, 3.05) is 0 Å². The van der Waals surface area contributed by atoms with Gasteiger partial charge in [-0.05, 0) is 30.7 Å². The van der Waals surface area contributed by atoms with Crippen LogP contribution in [0.5, 0.6) is 0 Å². The number of aliphatic hydroxyl groups excluding tert-OH is 1. The smallest absolute Gasteiger partial charge is 0.141 e. The van der Waals surface area contributed by atoms with Gasteiger partial charge in [-0.1, -0.05) is 17.7 Å². The Labute approximate surface area is 110 Å². The minimum atomic E-state index is -0.683. The van der Waals surface area contributed by atoms with Crippen molar-refractivity contribution >= 4 is 11.6 Å². The van der Waals surface area contributed by atoms with Gasteiger partial charge in [-0.3, -0.25) is 4.68 Å². The second-order valence-corrected chi connectivity index (χ2v) is 4.71. The fraction of sp³-hybridized carbons (Fsp3) is 0.308. The highest BCUT2D eigenvalue weighted by molar-refractivity contribution is 6.30. The molecule has 2 aromatic rings. The first-order valence-electron chi connectivity index (χ1n) is 5.60. The lowest BCUT2D eigenvalue weighted by Crippen LogP contribution is -2.08. The van der Waals surface area contributed by atoms with Gasteiger partial charge in [0.05, 0.1) is 22.5 Å².